The smallest absolute Gasteiger partial charge is 0.100 e. The molecule has 1 aliphatic rings. The predicted octanol–water partition coefficient (Wildman–Crippen LogP) is 6.33. The van der Waals surface area contributed by atoms with Gasteiger partial charge in [-0.25, -0.2) is 0 Å². The van der Waals surface area contributed by atoms with Gasteiger partial charge in [0, 0.05) is 29.9 Å². The van der Waals surface area contributed by atoms with E-state index in [4.69, 9.17) is 0 Å². The fraction of sp³-hybridized carbons (Fsp3) is 0.259. The molecule has 1 heterocycles. The quantitative estimate of drug-likeness (QED) is 0.366. The first-order chi connectivity index (χ1) is 14.8. The number of hydrogen-bond acceptors (Lipinski definition) is 3. The predicted molar refractivity (Wildman–Crippen MR) is 128 cm³/mol. The molecule has 0 unspecified atom stereocenters. The minimum absolute atomic E-state index is 0.886. The highest BCUT2D eigenvalue weighted by molar-refractivity contribution is 6.13. The Morgan fingerprint density at radius 1 is 0.600 bits per heavy atom. The van der Waals surface area contributed by atoms with E-state index < -0.39 is 0 Å². The highest BCUT2D eigenvalue weighted by atomic mass is 15.2. The van der Waals surface area contributed by atoms with Crippen LogP contribution in [0.25, 0.3) is 0 Å². The van der Waals surface area contributed by atoms with E-state index in [1.165, 1.54) is 31.4 Å². The summed E-state index contributed by atoms with van der Waals surface area (Å²) >= 11 is 0. The lowest BCUT2D eigenvalue weighted by Gasteiger charge is -2.22. The zero-order valence-corrected chi connectivity index (χ0v) is 17.7. The average molecular weight is 396 g/mol. The van der Waals surface area contributed by atoms with Crippen molar-refractivity contribution in [3.63, 3.8) is 0 Å². The van der Waals surface area contributed by atoms with Gasteiger partial charge < -0.3 is 4.90 Å². The normalized spacial score (nSPS) is 14.8. The molecule has 4 rings (SSSR count). The van der Waals surface area contributed by atoms with Crippen LogP contribution in [0.1, 0.15) is 49.3 Å². The van der Waals surface area contributed by atoms with Crippen LogP contribution in [-0.2, 0) is 0 Å². The van der Waals surface area contributed by atoms with E-state index in [1.54, 1.807) is 0 Å². The molecule has 0 bridgehead atoms. The molecule has 0 aromatic heterocycles. The first kappa shape index (κ1) is 20.1. The molecule has 0 spiro atoms. The lowest BCUT2D eigenvalue weighted by molar-refractivity contribution is 0.726. The Balaban J connectivity index is 1.58. The lowest BCUT2D eigenvalue weighted by Crippen LogP contribution is -2.23. The van der Waals surface area contributed by atoms with Crippen molar-refractivity contribution in [2.75, 3.05) is 18.0 Å². The van der Waals surface area contributed by atoms with Gasteiger partial charge in [0.05, 0.1) is 5.71 Å². The van der Waals surface area contributed by atoms with Gasteiger partial charge in [0.25, 0.3) is 0 Å². The van der Waals surface area contributed by atoms with Crippen molar-refractivity contribution < 1.29 is 0 Å². The minimum Gasteiger partial charge on any atom is -0.372 e. The standard InChI is InChI=1S/C27H29N3/c1-22(23-16-18-26(19-17-23)30-20-10-2-3-11-21-30)28-29-27(24-12-6-4-7-13-24)25-14-8-5-9-15-25/h4-9,12-19H,2-3,10-11,20-21H2,1H3. The van der Waals surface area contributed by atoms with Gasteiger partial charge in [-0.1, -0.05) is 85.6 Å². The van der Waals surface area contributed by atoms with Gasteiger partial charge >= 0.3 is 0 Å². The molecule has 3 aromatic rings. The highest BCUT2D eigenvalue weighted by Gasteiger charge is 2.10. The molecule has 0 atom stereocenters. The van der Waals surface area contributed by atoms with Gasteiger partial charge in [-0.2, -0.15) is 5.10 Å². The molecule has 0 aliphatic carbocycles. The van der Waals surface area contributed by atoms with Crippen molar-refractivity contribution in [1.29, 1.82) is 0 Å². The van der Waals surface area contributed by atoms with Gasteiger partial charge in [-0.15, -0.1) is 5.10 Å². The Morgan fingerprint density at radius 3 is 1.67 bits per heavy atom. The summed E-state index contributed by atoms with van der Waals surface area (Å²) in [6, 6.07) is 29.3. The van der Waals surface area contributed by atoms with Crippen LogP contribution in [0, 0.1) is 0 Å². The molecule has 0 radical (unpaired) electrons. The summed E-state index contributed by atoms with van der Waals surface area (Å²) in [6.07, 6.45) is 5.28. The van der Waals surface area contributed by atoms with Crippen LogP contribution in [0.15, 0.2) is 95.1 Å². The Hall–Kier alpha value is -3.20. The van der Waals surface area contributed by atoms with Crippen molar-refractivity contribution in [3.8, 4) is 0 Å². The number of benzene rings is 3. The number of anilines is 1. The molecule has 3 heteroatoms. The van der Waals surface area contributed by atoms with Crippen molar-refractivity contribution in [1.82, 2.24) is 0 Å². The topological polar surface area (TPSA) is 28.0 Å². The zero-order valence-electron chi connectivity index (χ0n) is 17.7. The van der Waals surface area contributed by atoms with Gasteiger partial charge in [-0.05, 0) is 37.5 Å². The maximum Gasteiger partial charge on any atom is 0.100 e. The summed E-state index contributed by atoms with van der Waals surface area (Å²) in [5.41, 5.74) is 6.36. The summed E-state index contributed by atoms with van der Waals surface area (Å²) in [5.74, 6) is 0. The molecule has 1 saturated heterocycles. The molecular weight excluding hydrogens is 366 g/mol. The van der Waals surface area contributed by atoms with Crippen LogP contribution in [0.2, 0.25) is 0 Å². The first-order valence-electron chi connectivity index (χ1n) is 10.9. The molecule has 0 amide bonds. The van der Waals surface area contributed by atoms with Crippen LogP contribution in [0.4, 0.5) is 5.69 Å². The third-order valence-corrected chi connectivity index (χ3v) is 5.65. The van der Waals surface area contributed by atoms with E-state index in [0.29, 0.717) is 0 Å². The first-order valence-corrected chi connectivity index (χ1v) is 10.9. The molecule has 3 aromatic carbocycles. The Bertz CT molecular complexity index is 940. The molecule has 152 valence electrons. The number of hydrogen-bond donors (Lipinski definition) is 0. The van der Waals surface area contributed by atoms with E-state index in [1.807, 2.05) is 43.3 Å². The molecular formula is C27H29N3. The van der Waals surface area contributed by atoms with Crippen molar-refractivity contribution in [2.24, 2.45) is 10.2 Å². The third-order valence-electron chi connectivity index (χ3n) is 5.65. The van der Waals surface area contributed by atoms with Crippen LogP contribution < -0.4 is 4.90 Å². The van der Waals surface area contributed by atoms with Gasteiger partial charge in [-0.3, -0.25) is 0 Å². The largest absolute Gasteiger partial charge is 0.372 e. The molecule has 1 aliphatic heterocycles. The average Bonchev–Trinajstić information content (AvgIpc) is 3.10. The Morgan fingerprint density at radius 2 is 1.13 bits per heavy atom. The van der Waals surface area contributed by atoms with Crippen LogP contribution in [-0.4, -0.2) is 24.5 Å². The van der Waals surface area contributed by atoms with Gasteiger partial charge in [0.1, 0.15) is 5.71 Å². The van der Waals surface area contributed by atoms with E-state index >= 15 is 0 Å². The van der Waals surface area contributed by atoms with E-state index in [0.717, 1.165) is 41.2 Å². The SMILES string of the molecule is CC(=NN=C(c1ccccc1)c1ccccc1)c1ccc(N2CCCCCC2)cc1. The molecule has 3 nitrogen and oxygen atoms in total. The monoisotopic (exact) mass is 395 g/mol. The van der Waals surface area contributed by atoms with Crippen molar-refractivity contribution in [3.05, 3.63) is 102 Å². The fourth-order valence-electron chi connectivity index (χ4n) is 3.90. The minimum atomic E-state index is 0.886. The van der Waals surface area contributed by atoms with Crippen LogP contribution in [0.5, 0.6) is 0 Å². The second-order valence-electron chi connectivity index (χ2n) is 7.81. The van der Waals surface area contributed by atoms with Gasteiger partial charge in [0.15, 0.2) is 0 Å². The second-order valence-corrected chi connectivity index (χ2v) is 7.81. The number of rotatable bonds is 5. The van der Waals surface area contributed by atoms with Gasteiger partial charge in [0.2, 0.25) is 0 Å². The van der Waals surface area contributed by atoms with E-state index in [-0.39, 0.29) is 0 Å². The Kier molecular flexibility index (Phi) is 6.71. The molecule has 30 heavy (non-hydrogen) atoms. The second kappa shape index (κ2) is 10.0. The van der Waals surface area contributed by atoms with Crippen LogP contribution in [0.3, 0.4) is 0 Å². The maximum absolute atomic E-state index is 4.66. The molecule has 0 saturated carbocycles. The maximum atomic E-state index is 4.66. The summed E-state index contributed by atoms with van der Waals surface area (Å²) in [6.45, 7) is 4.35. The zero-order chi connectivity index (χ0) is 20.6. The lowest BCUT2D eigenvalue weighted by atomic mass is 10.0. The van der Waals surface area contributed by atoms with E-state index in [9.17, 15) is 0 Å². The number of nitrogens with zero attached hydrogens (tertiary/aromatic N) is 3. The summed E-state index contributed by atoms with van der Waals surface area (Å²) in [4.78, 5) is 2.50. The third kappa shape index (κ3) is 5.04. The van der Waals surface area contributed by atoms with Crippen molar-refractivity contribution in [2.45, 2.75) is 32.6 Å². The summed E-state index contributed by atoms with van der Waals surface area (Å²) in [5, 5.41) is 9.26. The molecule has 1 fully saturated rings. The van der Waals surface area contributed by atoms with E-state index in [2.05, 4.69) is 63.6 Å². The summed E-state index contributed by atoms with van der Waals surface area (Å²) in [7, 11) is 0. The molecule has 0 N–H and O–H groups in total. The highest BCUT2D eigenvalue weighted by Crippen LogP contribution is 2.20. The van der Waals surface area contributed by atoms with Crippen molar-refractivity contribution >= 4 is 17.1 Å². The van der Waals surface area contributed by atoms with Crippen LogP contribution >= 0.6 is 0 Å². The summed E-state index contributed by atoms with van der Waals surface area (Å²) < 4.78 is 0. The Labute approximate surface area is 179 Å². The fourth-order valence-corrected chi connectivity index (χ4v) is 3.90.